The number of aromatic nitrogens is 2. The first kappa shape index (κ1) is 18.2. The Labute approximate surface area is 155 Å². The highest BCUT2D eigenvalue weighted by atomic mass is 31.2. The molecule has 3 heterocycles. The third-order valence-electron chi connectivity index (χ3n) is 4.54. The fraction of sp³-hybridized carbons (Fsp3) is 0.412. The average Bonchev–Trinajstić information content (AvgIpc) is 3.10. The molecule has 3 atom stereocenters. The van der Waals surface area contributed by atoms with E-state index in [1.807, 2.05) is 25.1 Å². The molecule has 2 aromatic rings. The molecule has 4 rings (SSSR count). The first-order valence-electron chi connectivity index (χ1n) is 8.61. The molecule has 0 amide bonds. The maximum Gasteiger partial charge on any atom is 0.530 e. The number of hydrogen-bond donors (Lipinski definition) is 1. The van der Waals surface area contributed by atoms with Crippen molar-refractivity contribution in [2.45, 2.75) is 38.7 Å². The van der Waals surface area contributed by atoms with E-state index in [-0.39, 0.29) is 25.1 Å². The maximum atomic E-state index is 12.7. The SMILES string of the molecule is Cc1cccc2c1OP(=O)(OC[C@@H]1CC[C@H](n3ccc(N)nc3=O)O1)OC2. The van der Waals surface area contributed by atoms with Gasteiger partial charge in [0.05, 0.1) is 19.3 Å². The van der Waals surface area contributed by atoms with Gasteiger partial charge in [0, 0.05) is 11.8 Å². The Morgan fingerprint density at radius 1 is 1.37 bits per heavy atom. The Balaban J connectivity index is 1.38. The number of nitrogens with zero attached hydrogens (tertiary/aromatic N) is 2. The molecule has 9 nitrogen and oxygen atoms in total. The molecule has 0 bridgehead atoms. The summed E-state index contributed by atoms with van der Waals surface area (Å²) in [6.45, 7) is 2.07. The van der Waals surface area contributed by atoms with Crippen molar-refractivity contribution < 1.29 is 22.9 Å². The zero-order valence-corrected chi connectivity index (χ0v) is 15.6. The van der Waals surface area contributed by atoms with Gasteiger partial charge in [0.15, 0.2) is 0 Å². The van der Waals surface area contributed by atoms with Crippen molar-refractivity contribution in [3.8, 4) is 5.75 Å². The monoisotopic (exact) mass is 393 g/mol. The summed E-state index contributed by atoms with van der Waals surface area (Å²) < 4.78 is 36.3. The summed E-state index contributed by atoms with van der Waals surface area (Å²) in [5, 5.41) is 0. The predicted molar refractivity (Wildman–Crippen MR) is 96.2 cm³/mol. The number of fused-ring (bicyclic) bond motifs is 1. The number of aryl methyl sites for hydroxylation is 1. The zero-order valence-electron chi connectivity index (χ0n) is 14.7. The van der Waals surface area contributed by atoms with Crippen molar-refractivity contribution in [3.63, 3.8) is 0 Å². The molecule has 0 saturated carbocycles. The van der Waals surface area contributed by atoms with Gasteiger partial charge in [-0.05, 0) is 31.4 Å². The normalized spacial score (nSPS) is 27.1. The zero-order chi connectivity index (χ0) is 19.0. The van der Waals surface area contributed by atoms with E-state index in [1.54, 1.807) is 6.20 Å². The minimum absolute atomic E-state index is 0.0339. The van der Waals surface area contributed by atoms with Gasteiger partial charge in [0.25, 0.3) is 0 Å². The van der Waals surface area contributed by atoms with E-state index in [9.17, 15) is 9.36 Å². The number of anilines is 1. The highest BCUT2D eigenvalue weighted by Gasteiger charge is 2.37. The number of phosphoric ester groups is 1. The summed E-state index contributed by atoms with van der Waals surface area (Å²) in [6, 6.07) is 7.15. The Kier molecular flexibility index (Phi) is 4.77. The molecule has 1 saturated heterocycles. The minimum Gasteiger partial charge on any atom is -0.403 e. The summed E-state index contributed by atoms with van der Waals surface area (Å²) in [4.78, 5) is 15.6. The van der Waals surface area contributed by atoms with Gasteiger partial charge < -0.3 is 15.0 Å². The van der Waals surface area contributed by atoms with Crippen LogP contribution in [0.1, 0.15) is 30.2 Å². The van der Waals surface area contributed by atoms with E-state index in [4.69, 9.17) is 24.0 Å². The number of nitrogens with two attached hydrogens (primary N) is 1. The standard InChI is InChI=1S/C17H20N3O6P/c1-11-3-2-4-12-9-23-27(22,26-16(11)12)24-10-13-5-6-15(25-13)20-8-7-14(18)19-17(20)21/h2-4,7-8,13,15H,5-6,9-10H2,1H3,(H2,18,19,21)/t13-,15+,27?/m0/s1. The second-order valence-corrected chi connectivity index (χ2v) is 8.10. The number of hydrogen-bond acceptors (Lipinski definition) is 8. The third-order valence-corrected chi connectivity index (χ3v) is 5.86. The first-order valence-corrected chi connectivity index (χ1v) is 10.1. The quantitative estimate of drug-likeness (QED) is 0.788. The lowest BCUT2D eigenvalue weighted by Crippen LogP contribution is -2.28. The van der Waals surface area contributed by atoms with Crippen LogP contribution in [0.2, 0.25) is 0 Å². The Morgan fingerprint density at radius 3 is 3.04 bits per heavy atom. The molecule has 0 spiro atoms. The summed E-state index contributed by atoms with van der Waals surface area (Å²) in [5.41, 5.74) is 6.73. The van der Waals surface area contributed by atoms with Gasteiger partial charge in [-0.2, -0.15) is 4.98 Å². The van der Waals surface area contributed by atoms with Crippen LogP contribution in [0.3, 0.4) is 0 Å². The topological polar surface area (TPSA) is 115 Å². The third kappa shape index (κ3) is 3.77. The number of benzene rings is 1. The van der Waals surface area contributed by atoms with Gasteiger partial charge in [-0.1, -0.05) is 18.2 Å². The highest BCUT2D eigenvalue weighted by Crippen LogP contribution is 2.55. The average molecular weight is 393 g/mol. The van der Waals surface area contributed by atoms with Gasteiger partial charge in [-0.25, -0.2) is 9.36 Å². The minimum atomic E-state index is -3.71. The fourth-order valence-corrected chi connectivity index (χ4v) is 4.45. The smallest absolute Gasteiger partial charge is 0.403 e. The van der Waals surface area contributed by atoms with Gasteiger partial charge >= 0.3 is 13.5 Å². The Morgan fingerprint density at radius 2 is 2.22 bits per heavy atom. The van der Waals surface area contributed by atoms with Crippen molar-refractivity contribution in [1.29, 1.82) is 0 Å². The maximum absolute atomic E-state index is 12.7. The van der Waals surface area contributed by atoms with Crippen LogP contribution >= 0.6 is 7.82 Å². The molecule has 2 N–H and O–H groups in total. The van der Waals surface area contributed by atoms with Crippen LogP contribution in [0.25, 0.3) is 0 Å². The van der Waals surface area contributed by atoms with E-state index >= 15 is 0 Å². The first-order chi connectivity index (χ1) is 12.9. The van der Waals surface area contributed by atoms with Crippen molar-refractivity contribution >= 4 is 13.6 Å². The lowest BCUT2D eigenvalue weighted by molar-refractivity contribution is -0.0263. The molecule has 1 aromatic heterocycles. The molecule has 10 heteroatoms. The second-order valence-electron chi connectivity index (χ2n) is 6.50. The number of nitrogen functional groups attached to an aromatic ring is 1. The summed E-state index contributed by atoms with van der Waals surface area (Å²) in [7, 11) is -3.71. The Bertz CT molecular complexity index is 962. The molecule has 2 aliphatic rings. The molecule has 144 valence electrons. The summed E-state index contributed by atoms with van der Waals surface area (Å²) >= 11 is 0. The lowest BCUT2D eigenvalue weighted by Gasteiger charge is -2.26. The molecular formula is C17H20N3O6P. The number of ether oxygens (including phenoxy) is 1. The second kappa shape index (κ2) is 7.09. The van der Waals surface area contributed by atoms with Crippen LogP contribution in [0, 0.1) is 6.92 Å². The van der Waals surface area contributed by atoms with Crippen molar-refractivity contribution in [2.75, 3.05) is 12.3 Å². The molecule has 2 aliphatic heterocycles. The van der Waals surface area contributed by atoms with Crippen LogP contribution in [0.15, 0.2) is 35.3 Å². The van der Waals surface area contributed by atoms with Gasteiger partial charge in [0.2, 0.25) is 0 Å². The molecule has 1 unspecified atom stereocenters. The number of phosphoric acid groups is 1. The number of rotatable bonds is 4. The highest BCUT2D eigenvalue weighted by molar-refractivity contribution is 7.49. The van der Waals surface area contributed by atoms with Gasteiger partial charge in [0.1, 0.15) is 17.8 Å². The molecule has 27 heavy (non-hydrogen) atoms. The predicted octanol–water partition coefficient (Wildman–Crippen LogP) is 2.55. The van der Waals surface area contributed by atoms with Crippen molar-refractivity contribution in [1.82, 2.24) is 9.55 Å². The van der Waals surface area contributed by atoms with E-state index in [0.717, 1.165) is 11.1 Å². The number of para-hydroxylation sites is 1. The van der Waals surface area contributed by atoms with E-state index in [0.29, 0.717) is 18.6 Å². The molecule has 1 aromatic carbocycles. The van der Waals surface area contributed by atoms with Crippen molar-refractivity contribution in [3.05, 3.63) is 52.1 Å². The van der Waals surface area contributed by atoms with Gasteiger partial charge in [-0.15, -0.1) is 0 Å². The van der Waals surface area contributed by atoms with E-state index in [1.165, 1.54) is 10.6 Å². The van der Waals surface area contributed by atoms with Crippen LogP contribution in [-0.2, 0) is 25.0 Å². The van der Waals surface area contributed by atoms with Crippen LogP contribution in [0.5, 0.6) is 5.75 Å². The van der Waals surface area contributed by atoms with Gasteiger partial charge in [-0.3, -0.25) is 13.6 Å². The summed E-state index contributed by atoms with van der Waals surface area (Å²) in [5.74, 6) is 0.700. The molecule has 0 radical (unpaired) electrons. The van der Waals surface area contributed by atoms with Crippen LogP contribution < -0.4 is 15.9 Å². The van der Waals surface area contributed by atoms with Crippen molar-refractivity contribution in [2.24, 2.45) is 0 Å². The van der Waals surface area contributed by atoms with E-state index < -0.39 is 19.7 Å². The van der Waals surface area contributed by atoms with E-state index in [2.05, 4.69) is 4.98 Å². The molecule has 1 fully saturated rings. The largest absolute Gasteiger partial charge is 0.530 e. The Hall–Kier alpha value is -2.19. The van der Waals surface area contributed by atoms with Crippen LogP contribution in [0.4, 0.5) is 5.82 Å². The molecular weight excluding hydrogens is 373 g/mol. The fourth-order valence-electron chi connectivity index (χ4n) is 3.14. The van der Waals surface area contributed by atoms with Crippen LogP contribution in [-0.4, -0.2) is 22.3 Å². The lowest BCUT2D eigenvalue weighted by atomic mass is 10.1. The molecule has 0 aliphatic carbocycles. The summed E-state index contributed by atoms with van der Waals surface area (Å²) in [6.07, 6.45) is 1.99.